The molecule has 0 bridgehead atoms. The predicted octanol–water partition coefficient (Wildman–Crippen LogP) is 0.0269. The molecule has 59 heavy (non-hydrogen) atoms. The van der Waals surface area contributed by atoms with Crippen molar-refractivity contribution in [2.24, 2.45) is 0 Å². The molecule has 2 rings (SSSR count). The number of ether oxygens (including phenoxy) is 12. The summed E-state index contributed by atoms with van der Waals surface area (Å²) in [6, 6.07) is -1.50. The Morgan fingerprint density at radius 2 is 1.34 bits per heavy atom. The second-order valence-electron chi connectivity index (χ2n) is 13.3. The molecular weight excluding hydrogens is 794 g/mol. The van der Waals surface area contributed by atoms with E-state index in [1.165, 1.54) is 0 Å². The Balaban J connectivity index is 2.84. The van der Waals surface area contributed by atoms with Crippen LogP contribution in [0, 0.1) is 0 Å². The molecule has 2 aliphatic heterocycles. The molecular formula is C37H53NO21. The number of nitrogens with one attached hydrogen (secondary N) is 1. The molecule has 2 aliphatic rings. The lowest BCUT2D eigenvalue weighted by atomic mass is 9.87. The summed E-state index contributed by atoms with van der Waals surface area (Å²) in [6.07, 6.45) is -12.9. The number of hydrogen-bond acceptors (Lipinski definition) is 21. The van der Waals surface area contributed by atoms with E-state index in [-0.39, 0.29) is 6.61 Å². The summed E-state index contributed by atoms with van der Waals surface area (Å²) >= 11 is 0. The first-order valence-corrected chi connectivity index (χ1v) is 18.4. The van der Waals surface area contributed by atoms with E-state index in [4.69, 9.17) is 56.8 Å². The van der Waals surface area contributed by atoms with Crippen LogP contribution in [0.5, 0.6) is 0 Å². The van der Waals surface area contributed by atoms with Crippen molar-refractivity contribution in [2.45, 2.75) is 142 Å². The van der Waals surface area contributed by atoms with Gasteiger partial charge in [0.1, 0.15) is 24.9 Å². The molecule has 2 saturated heterocycles. The summed E-state index contributed by atoms with van der Waals surface area (Å²) in [7, 11) is 0.949. The third-order valence-electron chi connectivity index (χ3n) is 8.31. The van der Waals surface area contributed by atoms with Crippen molar-refractivity contribution in [2.75, 3.05) is 26.9 Å². The number of methoxy groups -OCH3 is 1. The molecule has 0 saturated carbocycles. The average molecular weight is 848 g/mol. The number of unbranched alkanes of at least 4 members (excludes halogenated alkanes) is 1. The van der Waals surface area contributed by atoms with Gasteiger partial charge in [-0.1, -0.05) is 6.08 Å². The Bertz CT molecular complexity index is 1550. The van der Waals surface area contributed by atoms with Gasteiger partial charge < -0.3 is 62.2 Å². The molecule has 1 amide bonds. The molecule has 332 valence electrons. The minimum absolute atomic E-state index is 0.00687. The van der Waals surface area contributed by atoms with Gasteiger partial charge in [0.2, 0.25) is 5.91 Å². The van der Waals surface area contributed by atoms with E-state index in [0.29, 0.717) is 12.8 Å². The fourth-order valence-corrected chi connectivity index (χ4v) is 6.31. The molecule has 0 aromatic carbocycles. The number of carbonyl (C=O) groups is 9. The van der Waals surface area contributed by atoms with Crippen LogP contribution in [0.2, 0.25) is 0 Å². The highest BCUT2D eigenvalue weighted by Gasteiger charge is 2.60. The number of rotatable bonds is 20. The van der Waals surface area contributed by atoms with Crippen molar-refractivity contribution in [3.63, 3.8) is 0 Å². The Morgan fingerprint density at radius 3 is 1.85 bits per heavy atom. The molecule has 1 N–H and O–H groups in total. The van der Waals surface area contributed by atoms with Crippen LogP contribution in [0.15, 0.2) is 12.7 Å². The van der Waals surface area contributed by atoms with Gasteiger partial charge in [-0.25, -0.2) is 4.79 Å². The SMILES string of the molecule is C=CCCCO[C@@H]1O[C@H](CO[C@]2(C(=O)OC)C[C@H](OC(C)=O)[C@@H](NC(C)=O)[C@H]([C@H](OC(C)=O)[C@@H](COC(C)=O)OC(C)=O)O2)[C@H](OC(C)=O)[C@H](OC(C)=O)[C@H]1OC(C)=O. The van der Waals surface area contributed by atoms with Gasteiger partial charge >= 0.3 is 47.8 Å². The van der Waals surface area contributed by atoms with Crippen LogP contribution in [0.3, 0.4) is 0 Å². The van der Waals surface area contributed by atoms with E-state index in [1.807, 2.05) is 0 Å². The molecule has 0 unspecified atom stereocenters. The normalized spacial score (nSPS) is 27.3. The lowest BCUT2D eigenvalue weighted by Crippen LogP contribution is -2.70. The van der Waals surface area contributed by atoms with Gasteiger partial charge in [0.25, 0.3) is 5.79 Å². The van der Waals surface area contributed by atoms with Crippen molar-refractivity contribution in [1.82, 2.24) is 5.32 Å². The maximum absolute atomic E-state index is 13.9. The fraction of sp³-hybridized carbons (Fsp3) is 0.703. The summed E-state index contributed by atoms with van der Waals surface area (Å²) in [5.41, 5.74) is 0. The lowest BCUT2D eigenvalue weighted by molar-refractivity contribution is -0.341. The standard InChI is InChI=1S/C37H53NO21/c1-11-12-13-14-49-35-34(57-25(9)46)33(56-24(8)45)31(55-23(7)44)28(58-35)17-51-37(36(47)48-10)15-26(52-20(4)41)29(38-18(2)39)32(59-37)30(54-22(6)43)27(53-21(5)42)16-50-19(3)40/h11,26-35H,1,12-17H2,2-10H3,(H,38,39)/t26-,27+,28+,29+,30+,31-,32+,33-,34+,35+,37+/m0/s1. The molecule has 22 heteroatoms. The Morgan fingerprint density at radius 1 is 0.763 bits per heavy atom. The maximum Gasteiger partial charge on any atom is 0.366 e. The van der Waals surface area contributed by atoms with Crippen molar-refractivity contribution < 1.29 is 100.0 Å². The number of allylic oxidation sites excluding steroid dienone is 1. The van der Waals surface area contributed by atoms with Crippen molar-refractivity contribution >= 4 is 53.7 Å². The zero-order valence-electron chi connectivity index (χ0n) is 34.4. The predicted molar refractivity (Wildman–Crippen MR) is 192 cm³/mol. The lowest BCUT2D eigenvalue weighted by Gasteiger charge is -2.49. The van der Waals surface area contributed by atoms with Gasteiger partial charge in [0.05, 0.1) is 32.8 Å². The fourth-order valence-electron chi connectivity index (χ4n) is 6.31. The quantitative estimate of drug-likeness (QED) is 0.0732. The molecule has 0 spiro atoms. The summed E-state index contributed by atoms with van der Waals surface area (Å²) in [4.78, 5) is 113. The molecule has 2 heterocycles. The molecule has 0 aromatic heterocycles. The van der Waals surface area contributed by atoms with Crippen molar-refractivity contribution in [3.8, 4) is 0 Å². The van der Waals surface area contributed by atoms with E-state index < -0.39 is 140 Å². The summed E-state index contributed by atoms with van der Waals surface area (Å²) in [6.45, 7) is 10.4. The molecule has 0 aromatic rings. The van der Waals surface area contributed by atoms with Gasteiger partial charge in [0, 0.05) is 55.4 Å². The van der Waals surface area contributed by atoms with Gasteiger partial charge in [-0.3, -0.25) is 38.4 Å². The average Bonchev–Trinajstić information content (AvgIpc) is 3.11. The number of esters is 8. The van der Waals surface area contributed by atoms with E-state index in [1.54, 1.807) is 6.08 Å². The van der Waals surface area contributed by atoms with Crippen LogP contribution in [0.4, 0.5) is 0 Å². The van der Waals surface area contributed by atoms with Gasteiger partial charge in [-0.2, -0.15) is 0 Å². The van der Waals surface area contributed by atoms with Gasteiger partial charge in [0.15, 0.2) is 36.8 Å². The zero-order chi connectivity index (χ0) is 44.6. The first-order chi connectivity index (χ1) is 27.6. The first kappa shape index (κ1) is 50.0. The Labute approximate surface area is 340 Å². The first-order valence-electron chi connectivity index (χ1n) is 18.4. The highest BCUT2D eigenvalue weighted by molar-refractivity contribution is 5.79. The smallest absolute Gasteiger partial charge is 0.366 e. The van der Waals surface area contributed by atoms with E-state index >= 15 is 0 Å². The number of carbonyl (C=O) groups excluding carboxylic acids is 9. The maximum atomic E-state index is 13.9. The van der Waals surface area contributed by atoms with E-state index in [2.05, 4.69) is 11.9 Å². The Hall–Kier alpha value is -5.19. The summed E-state index contributed by atoms with van der Waals surface area (Å²) in [5.74, 6) is -11.1. The molecule has 0 radical (unpaired) electrons. The highest BCUT2D eigenvalue weighted by Crippen LogP contribution is 2.38. The van der Waals surface area contributed by atoms with Crippen LogP contribution in [-0.4, -0.2) is 148 Å². The number of amides is 1. The number of hydrogen-bond donors (Lipinski definition) is 1. The molecule has 0 aliphatic carbocycles. The Kier molecular flexibility index (Phi) is 19.8. The van der Waals surface area contributed by atoms with Crippen LogP contribution in [-0.2, 0) is 100.0 Å². The van der Waals surface area contributed by atoms with Crippen molar-refractivity contribution in [1.29, 1.82) is 0 Å². The second kappa shape index (κ2) is 23.4. The van der Waals surface area contributed by atoms with Gasteiger partial charge in [-0.05, 0) is 12.8 Å². The zero-order valence-corrected chi connectivity index (χ0v) is 34.4. The van der Waals surface area contributed by atoms with Crippen molar-refractivity contribution in [3.05, 3.63) is 12.7 Å². The molecule has 11 atom stereocenters. The third-order valence-corrected chi connectivity index (χ3v) is 8.31. The summed E-state index contributed by atoms with van der Waals surface area (Å²) in [5, 5.41) is 2.54. The van der Waals surface area contributed by atoms with Gasteiger partial charge in [-0.15, -0.1) is 6.58 Å². The summed E-state index contributed by atoms with van der Waals surface area (Å²) < 4.78 is 67.6. The van der Waals surface area contributed by atoms with Crippen LogP contribution < -0.4 is 5.32 Å². The molecule has 2 fully saturated rings. The highest BCUT2D eigenvalue weighted by atomic mass is 16.8. The largest absolute Gasteiger partial charge is 0.465 e. The molecule has 22 nitrogen and oxygen atoms in total. The van der Waals surface area contributed by atoms with Crippen LogP contribution >= 0.6 is 0 Å². The topological polar surface area (TPSA) is 276 Å². The van der Waals surface area contributed by atoms with E-state index in [9.17, 15) is 43.2 Å². The minimum Gasteiger partial charge on any atom is -0.465 e. The monoisotopic (exact) mass is 847 g/mol. The van der Waals surface area contributed by atoms with Crippen LogP contribution in [0.25, 0.3) is 0 Å². The van der Waals surface area contributed by atoms with Crippen LogP contribution in [0.1, 0.15) is 74.7 Å². The van der Waals surface area contributed by atoms with E-state index in [0.717, 1.165) is 62.5 Å². The minimum atomic E-state index is -2.71. The second-order valence-corrected chi connectivity index (χ2v) is 13.3. The third kappa shape index (κ3) is 15.5.